The highest BCUT2D eigenvalue weighted by atomic mass is 32.1. The zero-order valence-corrected chi connectivity index (χ0v) is 12.8. The van der Waals surface area contributed by atoms with Crippen molar-refractivity contribution in [3.63, 3.8) is 0 Å². The second kappa shape index (κ2) is 7.94. The maximum Gasteiger partial charge on any atom is 0.107 e. The first-order chi connectivity index (χ1) is 9.31. The molecule has 1 heterocycles. The molecule has 0 amide bonds. The van der Waals surface area contributed by atoms with Crippen LogP contribution in [0.5, 0.6) is 0 Å². The molecule has 4 nitrogen and oxygen atoms in total. The van der Waals surface area contributed by atoms with Crippen LogP contribution in [-0.4, -0.2) is 42.2 Å². The third-order valence-electron chi connectivity index (χ3n) is 3.31. The molecule has 1 aliphatic rings. The van der Waals surface area contributed by atoms with Crippen LogP contribution >= 0.6 is 11.3 Å². The lowest BCUT2D eigenvalue weighted by Crippen LogP contribution is -2.27. The van der Waals surface area contributed by atoms with Crippen molar-refractivity contribution in [2.45, 2.75) is 45.8 Å². The van der Waals surface area contributed by atoms with Crippen LogP contribution in [0.4, 0.5) is 0 Å². The van der Waals surface area contributed by atoms with Crippen molar-refractivity contribution in [2.75, 3.05) is 26.3 Å². The molecule has 0 atom stereocenters. The average Bonchev–Trinajstić information content (AvgIpc) is 3.15. The summed E-state index contributed by atoms with van der Waals surface area (Å²) in [6.07, 6.45) is 2.67. The Labute approximate surface area is 120 Å². The molecule has 19 heavy (non-hydrogen) atoms. The molecular weight excluding hydrogens is 258 g/mol. The summed E-state index contributed by atoms with van der Waals surface area (Å²) in [5, 5.41) is 6.91. The average molecular weight is 283 g/mol. The van der Waals surface area contributed by atoms with Crippen LogP contribution in [0.3, 0.4) is 0 Å². The predicted molar refractivity (Wildman–Crippen MR) is 79.4 cm³/mol. The molecule has 0 unspecified atom stereocenters. The van der Waals surface area contributed by atoms with Gasteiger partial charge in [0, 0.05) is 37.7 Å². The van der Waals surface area contributed by atoms with E-state index in [2.05, 4.69) is 22.5 Å². The Morgan fingerprint density at radius 3 is 3.00 bits per heavy atom. The molecule has 1 aromatic heterocycles. The first-order valence-electron chi connectivity index (χ1n) is 7.28. The number of thiazole rings is 1. The molecule has 0 spiro atoms. The first kappa shape index (κ1) is 14.9. The molecule has 0 aliphatic heterocycles. The van der Waals surface area contributed by atoms with E-state index in [0.29, 0.717) is 0 Å². The summed E-state index contributed by atoms with van der Waals surface area (Å²) in [6.45, 7) is 9.72. The van der Waals surface area contributed by atoms with Crippen LogP contribution in [-0.2, 0) is 17.8 Å². The molecule has 1 aliphatic carbocycles. The summed E-state index contributed by atoms with van der Waals surface area (Å²) in [5.74, 6) is 0. The third-order valence-corrected chi connectivity index (χ3v) is 4.21. The number of ether oxygens (including phenoxy) is 1. The molecule has 2 rings (SSSR count). The molecule has 108 valence electrons. The Hall–Kier alpha value is -0.490. The minimum Gasteiger partial charge on any atom is -0.380 e. The van der Waals surface area contributed by atoms with Gasteiger partial charge in [-0.25, -0.2) is 4.98 Å². The smallest absolute Gasteiger partial charge is 0.107 e. The zero-order valence-electron chi connectivity index (χ0n) is 12.0. The summed E-state index contributed by atoms with van der Waals surface area (Å²) in [4.78, 5) is 7.08. The lowest BCUT2D eigenvalue weighted by molar-refractivity contribution is 0.112. The van der Waals surface area contributed by atoms with E-state index in [4.69, 9.17) is 9.72 Å². The summed E-state index contributed by atoms with van der Waals surface area (Å²) in [6, 6.07) is 0.755. The Morgan fingerprint density at radius 1 is 1.47 bits per heavy atom. The van der Waals surface area contributed by atoms with Gasteiger partial charge in [-0.05, 0) is 26.3 Å². The maximum absolute atomic E-state index is 5.41. The summed E-state index contributed by atoms with van der Waals surface area (Å²) in [7, 11) is 0. The monoisotopic (exact) mass is 283 g/mol. The van der Waals surface area contributed by atoms with Gasteiger partial charge in [-0.2, -0.15) is 0 Å². The molecule has 0 saturated heterocycles. The van der Waals surface area contributed by atoms with E-state index >= 15 is 0 Å². The lowest BCUT2D eigenvalue weighted by atomic mass is 10.4. The van der Waals surface area contributed by atoms with E-state index in [1.165, 1.54) is 23.5 Å². The fraction of sp³-hybridized carbons (Fsp3) is 0.786. The molecule has 0 bridgehead atoms. The van der Waals surface area contributed by atoms with Crippen LogP contribution in [0.25, 0.3) is 0 Å². The van der Waals surface area contributed by atoms with E-state index < -0.39 is 0 Å². The highest BCUT2D eigenvalue weighted by molar-refractivity contribution is 7.09. The molecule has 0 radical (unpaired) electrons. The van der Waals surface area contributed by atoms with Crippen LogP contribution in [0.2, 0.25) is 0 Å². The van der Waals surface area contributed by atoms with Crippen molar-refractivity contribution in [1.82, 2.24) is 15.2 Å². The fourth-order valence-electron chi connectivity index (χ4n) is 1.94. The van der Waals surface area contributed by atoms with Gasteiger partial charge in [-0.15, -0.1) is 11.3 Å². The number of nitrogens with zero attached hydrogens (tertiary/aromatic N) is 2. The van der Waals surface area contributed by atoms with Crippen LogP contribution in [0.1, 0.15) is 37.4 Å². The van der Waals surface area contributed by atoms with Gasteiger partial charge in [0.1, 0.15) is 5.01 Å². The second-order valence-electron chi connectivity index (χ2n) is 4.95. The van der Waals surface area contributed by atoms with Gasteiger partial charge in [-0.3, -0.25) is 4.90 Å². The molecule has 1 N–H and O–H groups in total. The summed E-state index contributed by atoms with van der Waals surface area (Å²) >= 11 is 1.77. The van der Waals surface area contributed by atoms with Crippen molar-refractivity contribution in [2.24, 2.45) is 0 Å². The SMILES string of the molecule is CCOCCN(CC)Cc1csc(CNC2CC2)n1. The van der Waals surface area contributed by atoms with Gasteiger partial charge in [0.25, 0.3) is 0 Å². The van der Waals surface area contributed by atoms with Crippen LogP contribution < -0.4 is 5.32 Å². The number of rotatable bonds is 10. The molecule has 1 aromatic rings. The Morgan fingerprint density at radius 2 is 2.32 bits per heavy atom. The quantitative estimate of drug-likeness (QED) is 0.668. The topological polar surface area (TPSA) is 37.4 Å². The summed E-state index contributed by atoms with van der Waals surface area (Å²) in [5.41, 5.74) is 1.19. The maximum atomic E-state index is 5.41. The van der Waals surface area contributed by atoms with E-state index in [0.717, 1.165) is 45.4 Å². The minimum atomic E-state index is 0.755. The lowest BCUT2D eigenvalue weighted by Gasteiger charge is -2.18. The van der Waals surface area contributed by atoms with Crippen molar-refractivity contribution in [3.8, 4) is 0 Å². The Kier molecular flexibility index (Phi) is 6.23. The number of hydrogen-bond donors (Lipinski definition) is 1. The number of aromatic nitrogens is 1. The molecule has 1 fully saturated rings. The zero-order chi connectivity index (χ0) is 13.5. The van der Waals surface area contributed by atoms with Gasteiger partial charge >= 0.3 is 0 Å². The fourth-order valence-corrected chi connectivity index (χ4v) is 2.67. The highest BCUT2D eigenvalue weighted by Gasteiger charge is 2.20. The number of hydrogen-bond acceptors (Lipinski definition) is 5. The number of likely N-dealkylation sites (N-methyl/N-ethyl adjacent to an activating group) is 1. The van der Waals surface area contributed by atoms with Crippen molar-refractivity contribution in [1.29, 1.82) is 0 Å². The second-order valence-corrected chi connectivity index (χ2v) is 5.90. The van der Waals surface area contributed by atoms with Crippen molar-refractivity contribution >= 4 is 11.3 Å². The molecule has 1 saturated carbocycles. The van der Waals surface area contributed by atoms with Gasteiger partial charge in [0.15, 0.2) is 0 Å². The Balaban J connectivity index is 1.72. The van der Waals surface area contributed by atoms with E-state index in [1.54, 1.807) is 11.3 Å². The van der Waals surface area contributed by atoms with Gasteiger partial charge in [0.2, 0.25) is 0 Å². The molecule has 0 aromatic carbocycles. The van der Waals surface area contributed by atoms with Gasteiger partial charge < -0.3 is 10.1 Å². The van der Waals surface area contributed by atoms with Crippen molar-refractivity contribution < 1.29 is 4.74 Å². The van der Waals surface area contributed by atoms with Crippen molar-refractivity contribution in [3.05, 3.63) is 16.1 Å². The minimum absolute atomic E-state index is 0.755. The van der Waals surface area contributed by atoms with E-state index in [9.17, 15) is 0 Å². The normalized spacial score (nSPS) is 15.3. The van der Waals surface area contributed by atoms with Crippen LogP contribution in [0, 0.1) is 0 Å². The molecule has 5 heteroatoms. The third kappa shape index (κ3) is 5.57. The largest absolute Gasteiger partial charge is 0.380 e. The van der Waals surface area contributed by atoms with Crippen LogP contribution in [0.15, 0.2) is 5.38 Å². The highest BCUT2D eigenvalue weighted by Crippen LogP contribution is 2.20. The van der Waals surface area contributed by atoms with E-state index in [1.807, 2.05) is 6.92 Å². The number of nitrogens with one attached hydrogen (secondary N) is 1. The Bertz CT molecular complexity index is 365. The van der Waals surface area contributed by atoms with Gasteiger partial charge in [-0.1, -0.05) is 6.92 Å². The van der Waals surface area contributed by atoms with E-state index in [-0.39, 0.29) is 0 Å². The predicted octanol–water partition coefficient (Wildman–Crippen LogP) is 2.25. The summed E-state index contributed by atoms with van der Waals surface area (Å²) < 4.78 is 5.41. The molecular formula is C14H25N3OS. The standard InChI is InChI=1S/C14H25N3OS/c1-3-17(7-8-18-4-2)10-13-11-19-14(16-13)9-15-12-5-6-12/h11-12,15H,3-10H2,1-2H3. The first-order valence-corrected chi connectivity index (χ1v) is 8.16. The van der Waals surface area contributed by atoms with Gasteiger partial charge in [0.05, 0.1) is 12.3 Å².